The third-order valence-electron chi connectivity index (χ3n) is 3.70. The van der Waals surface area contributed by atoms with Crippen LogP contribution in [0.2, 0.25) is 0 Å². The minimum Gasteiger partial charge on any atom is -0.399 e. The van der Waals surface area contributed by atoms with Crippen molar-refractivity contribution in [1.82, 2.24) is 9.88 Å². The molecule has 3 nitrogen and oxygen atoms in total. The zero-order valence-electron chi connectivity index (χ0n) is 11.9. The molecule has 1 aliphatic heterocycles. The van der Waals surface area contributed by atoms with Gasteiger partial charge in [-0.15, -0.1) is 11.3 Å². The number of rotatable bonds is 4. The van der Waals surface area contributed by atoms with Crippen LogP contribution in [0.15, 0.2) is 24.3 Å². The van der Waals surface area contributed by atoms with E-state index in [1.807, 2.05) is 23.5 Å². The van der Waals surface area contributed by atoms with E-state index in [0.717, 1.165) is 38.2 Å². The molecule has 1 aromatic carbocycles. The number of nitrogens with two attached hydrogens (primary N) is 1. The van der Waals surface area contributed by atoms with Crippen LogP contribution in [-0.2, 0) is 25.9 Å². The minimum atomic E-state index is 0.835. The number of nitrogens with zero attached hydrogens (tertiary/aromatic N) is 2. The van der Waals surface area contributed by atoms with E-state index in [0.29, 0.717) is 0 Å². The molecule has 0 amide bonds. The van der Waals surface area contributed by atoms with E-state index in [-0.39, 0.29) is 0 Å². The van der Waals surface area contributed by atoms with Gasteiger partial charge in [0.2, 0.25) is 0 Å². The van der Waals surface area contributed by atoms with Gasteiger partial charge in [-0.05, 0) is 30.5 Å². The number of aryl methyl sites for hydroxylation is 1. The number of anilines is 1. The Bertz CT molecular complexity index is 574. The van der Waals surface area contributed by atoms with Crippen LogP contribution in [0, 0.1) is 0 Å². The standard InChI is InChI=1S/C16H21N3S/c1-2-3-16-18-14-8-9-19(11-15(14)20-16)10-12-4-6-13(17)7-5-12/h4-7H,2-3,8-11,17H2,1H3. The zero-order chi connectivity index (χ0) is 13.9. The Morgan fingerprint density at radius 2 is 2.10 bits per heavy atom. The molecule has 106 valence electrons. The summed E-state index contributed by atoms with van der Waals surface area (Å²) in [5.41, 5.74) is 9.24. The number of benzene rings is 1. The van der Waals surface area contributed by atoms with Crippen molar-refractivity contribution in [2.75, 3.05) is 12.3 Å². The highest BCUT2D eigenvalue weighted by atomic mass is 32.1. The second-order valence-corrected chi connectivity index (χ2v) is 6.60. The van der Waals surface area contributed by atoms with Crippen LogP contribution in [0.1, 0.15) is 34.5 Å². The minimum absolute atomic E-state index is 0.835. The normalized spacial score (nSPS) is 15.2. The van der Waals surface area contributed by atoms with Crippen LogP contribution in [0.5, 0.6) is 0 Å². The van der Waals surface area contributed by atoms with Gasteiger partial charge in [0, 0.05) is 36.6 Å². The average Bonchev–Trinajstić information content (AvgIpc) is 2.83. The fraction of sp³-hybridized carbons (Fsp3) is 0.438. The van der Waals surface area contributed by atoms with Crippen LogP contribution in [0.3, 0.4) is 0 Å². The molecule has 0 atom stereocenters. The van der Waals surface area contributed by atoms with Crippen LogP contribution in [0.4, 0.5) is 5.69 Å². The van der Waals surface area contributed by atoms with Crippen LogP contribution in [-0.4, -0.2) is 16.4 Å². The quantitative estimate of drug-likeness (QED) is 0.878. The first-order valence-electron chi connectivity index (χ1n) is 7.29. The molecule has 2 N–H and O–H groups in total. The van der Waals surface area contributed by atoms with Gasteiger partial charge >= 0.3 is 0 Å². The second kappa shape index (κ2) is 5.94. The zero-order valence-corrected chi connectivity index (χ0v) is 12.7. The molecule has 1 aliphatic rings. The molecular formula is C16H21N3S. The van der Waals surface area contributed by atoms with E-state index >= 15 is 0 Å². The summed E-state index contributed by atoms with van der Waals surface area (Å²) in [6.45, 7) is 5.36. The number of hydrogen-bond donors (Lipinski definition) is 1. The molecule has 20 heavy (non-hydrogen) atoms. The lowest BCUT2D eigenvalue weighted by atomic mass is 10.1. The summed E-state index contributed by atoms with van der Waals surface area (Å²) in [5, 5.41) is 1.31. The van der Waals surface area contributed by atoms with Gasteiger partial charge in [0.15, 0.2) is 0 Å². The van der Waals surface area contributed by atoms with Gasteiger partial charge < -0.3 is 5.73 Å². The predicted molar refractivity (Wildman–Crippen MR) is 84.8 cm³/mol. The van der Waals surface area contributed by atoms with E-state index in [9.17, 15) is 0 Å². The maximum absolute atomic E-state index is 5.73. The molecule has 4 heteroatoms. The molecule has 0 spiro atoms. The highest BCUT2D eigenvalue weighted by Crippen LogP contribution is 2.26. The Labute approximate surface area is 124 Å². The van der Waals surface area contributed by atoms with Crippen molar-refractivity contribution in [3.63, 3.8) is 0 Å². The topological polar surface area (TPSA) is 42.2 Å². The Balaban J connectivity index is 1.67. The van der Waals surface area contributed by atoms with E-state index < -0.39 is 0 Å². The Morgan fingerprint density at radius 1 is 1.30 bits per heavy atom. The molecule has 0 radical (unpaired) electrons. The van der Waals surface area contributed by atoms with Gasteiger partial charge in [-0.2, -0.15) is 0 Å². The van der Waals surface area contributed by atoms with Gasteiger partial charge in [0.25, 0.3) is 0 Å². The number of thiazole rings is 1. The lowest BCUT2D eigenvalue weighted by molar-refractivity contribution is 0.247. The smallest absolute Gasteiger partial charge is 0.0931 e. The largest absolute Gasteiger partial charge is 0.399 e. The third kappa shape index (κ3) is 3.02. The molecule has 0 unspecified atom stereocenters. The summed E-state index contributed by atoms with van der Waals surface area (Å²) in [6.07, 6.45) is 3.39. The molecule has 0 aliphatic carbocycles. The van der Waals surface area contributed by atoms with Crippen molar-refractivity contribution in [2.45, 2.75) is 39.3 Å². The number of fused-ring (bicyclic) bond motifs is 1. The van der Waals surface area contributed by atoms with Crippen molar-refractivity contribution < 1.29 is 0 Å². The van der Waals surface area contributed by atoms with Crippen LogP contribution < -0.4 is 5.73 Å². The van der Waals surface area contributed by atoms with Gasteiger partial charge in [-0.1, -0.05) is 19.1 Å². The van der Waals surface area contributed by atoms with Crippen molar-refractivity contribution in [1.29, 1.82) is 0 Å². The Hall–Kier alpha value is -1.39. The second-order valence-electron chi connectivity index (χ2n) is 5.43. The Morgan fingerprint density at radius 3 is 2.85 bits per heavy atom. The van der Waals surface area contributed by atoms with Gasteiger partial charge in [-0.3, -0.25) is 4.90 Å². The lowest BCUT2D eigenvalue weighted by Crippen LogP contribution is -2.29. The van der Waals surface area contributed by atoms with Crippen LogP contribution in [0.25, 0.3) is 0 Å². The predicted octanol–water partition coefficient (Wildman–Crippen LogP) is 3.24. The Kier molecular flexibility index (Phi) is 4.03. The molecule has 3 rings (SSSR count). The fourth-order valence-corrected chi connectivity index (χ4v) is 3.90. The summed E-state index contributed by atoms with van der Waals surface area (Å²) in [6, 6.07) is 8.22. The number of hydrogen-bond acceptors (Lipinski definition) is 4. The van der Waals surface area contributed by atoms with E-state index in [1.54, 1.807) is 0 Å². The summed E-state index contributed by atoms with van der Waals surface area (Å²) >= 11 is 1.90. The summed E-state index contributed by atoms with van der Waals surface area (Å²) < 4.78 is 0. The van der Waals surface area contributed by atoms with Gasteiger partial charge in [0.05, 0.1) is 10.7 Å². The molecule has 0 bridgehead atoms. The van der Waals surface area contributed by atoms with E-state index in [1.165, 1.54) is 27.6 Å². The molecule has 0 fully saturated rings. The molecule has 2 aromatic rings. The van der Waals surface area contributed by atoms with Gasteiger partial charge in [0.1, 0.15) is 0 Å². The maximum Gasteiger partial charge on any atom is 0.0931 e. The van der Waals surface area contributed by atoms with Crippen molar-refractivity contribution in [2.24, 2.45) is 0 Å². The highest BCUT2D eigenvalue weighted by molar-refractivity contribution is 7.11. The average molecular weight is 287 g/mol. The number of nitrogen functional groups attached to an aromatic ring is 1. The molecule has 2 heterocycles. The molecular weight excluding hydrogens is 266 g/mol. The summed E-state index contributed by atoms with van der Waals surface area (Å²) in [4.78, 5) is 8.74. The third-order valence-corrected chi connectivity index (χ3v) is 4.85. The lowest BCUT2D eigenvalue weighted by Gasteiger charge is -2.25. The monoisotopic (exact) mass is 287 g/mol. The van der Waals surface area contributed by atoms with Crippen LogP contribution >= 0.6 is 11.3 Å². The highest BCUT2D eigenvalue weighted by Gasteiger charge is 2.20. The SMILES string of the molecule is CCCc1nc2c(s1)CN(Cc1ccc(N)cc1)CC2. The van der Waals surface area contributed by atoms with Crippen molar-refractivity contribution in [3.05, 3.63) is 45.4 Å². The van der Waals surface area contributed by atoms with Crippen molar-refractivity contribution in [3.8, 4) is 0 Å². The molecule has 1 aromatic heterocycles. The first kappa shape index (κ1) is 13.6. The molecule has 0 saturated heterocycles. The van der Waals surface area contributed by atoms with E-state index in [2.05, 4.69) is 24.0 Å². The van der Waals surface area contributed by atoms with Gasteiger partial charge in [-0.25, -0.2) is 4.98 Å². The number of aromatic nitrogens is 1. The summed E-state index contributed by atoms with van der Waals surface area (Å²) in [7, 11) is 0. The first-order valence-corrected chi connectivity index (χ1v) is 8.10. The molecule has 0 saturated carbocycles. The first-order chi connectivity index (χ1) is 9.74. The van der Waals surface area contributed by atoms with E-state index in [4.69, 9.17) is 10.7 Å². The fourth-order valence-electron chi connectivity index (χ4n) is 2.64. The van der Waals surface area contributed by atoms with Crippen molar-refractivity contribution >= 4 is 17.0 Å². The maximum atomic E-state index is 5.73. The summed E-state index contributed by atoms with van der Waals surface area (Å²) in [5.74, 6) is 0.